The van der Waals surface area contributed by atoms with Crippen LogP contribution in [0.2, 0.25) is 0 Å². The Morgan fingerprint density at radius 3 is 2.57 bits per heavy atom. The van der Waals surface area contributed by atoms with Crippen LogP contribution in [0, 0.1) is 6.92 Å². The lowest BCUT2D eigenvalue weighted by molar-refractivity contribution is -0.116. The summed E-state index contributed by atoms with van der Waals surface area (Å²) in [4.78, 5) is 13.0. The van der Waals surface area contributed by atoms with Crippen molar-refractivity contribution >= 4 is 17.3 Å². The van der Waals surface area contributed by atoms with E-state index < -0.39 is 0 Å². The highest BCUT2D eigenvalue weighted by Crippen LogP contribution is 2.22. The van der Waals surface area contributed by atoms with Crippen LogP contribution < -0.4 is 10.6 Å². The Kier molecular flexibility index (Phi) is 3.12. The lowest BCUT2D eigenvalue weighted by atomic mass is 10.1. The second kappa shape index (κ2) is 4.13. The fraction of sp³-hybridized carbons (Fsp3) is 0.364. The van der Waals surface area contributed by atoms with Gasteiger partial charge >= 0.3 is 0 Å². The zero-order chi connectivity index (χ0) is 10.7. The number of hydrogen-bond acceptors (Lipinski definition) is 2. The van der Waals surface area contributed by atoms with E-state index in [1.54, 1.807) is 11.8 Å². The van der Waals surface area contributed by atoms with Crippen LogP contribution in [0.1, 0.15) is 19.4 Å². The SMILES string of the molecule is CCN(C(C)=O)c1ccc(N)cc1C. The summed E-state index contributed by atoms with van der Waals surface area (Å²) >= 11 is 0. The number of benzene rings is 1. The van der Waals surface area contributed by atoms with Gasteiger partial charge in [0.05, 0.1) is 0 Å². The zero-order valence-corrected chi connectivity index (χ0v) is 8.87. The van der Waals surface area contributed by atoms with E-state index in [1.807, 2.05) is 32.0 Å². The molecule has 76 valence electrons. The van der Waals surface area contributed by atoms with E-state index in [0.29, 0.717) is 6.54 Å². The Bertz CT molecular complexity index is 347. The molecule has 1 rings (SSSR count). The molecule has 0 aliphatic carbocycles. The first kappa shape index (κ1) is 10.6. The number of nitrogen functional groups attached to an aromatic ring is 1. The minimum absolute atomic E-state index is 0.0559. The van der Waals surface area contributed by atoms with Crippen LogP contribution in [-0.4, -0.2) is 12.5 Å². The lowest BCUT2D eigenvalue weighted by Crippen LogP contribution is -2.28. The molecule has 0 aliphatic heterocycles. The maximum Gasteiger partial charge on any atom is 0.223 e. The number of carbonyl (C=O) groups is 1. The molecule has 2 N–H and O–H groups in total. The summed E-state index contributed by atoms with van der Waals surface area (Å²) in [6, 6.07) is 5.57. The van der Waals surface area contributed by atoms with Crippen molar-refractivity contribution in [2.75, 3.05) is 17.2 Å². The number of nitrogens with two attached hydrogens (primary N) is 1. The van der Waals surface area contributed by atoms with E-state index in [1.165, 1.54) is 0 Å². The lowest BCUT2D eigenvalue weighted by Gasteiger charge is -2.21. The van der Waals surface area contributed by atoms with E-state index in [-0.39, 0.29) is 5.91 Å². The molecule has 1 aromatic carbocycles. The average Bonchev–Trinajstić information content (AvgIpc) is 2.09. The molecule has 0 saturated heterocycles. The van der Waals surface area contributed by atoms with Gasteiger partial charge in [0.2, 0.25) is 5.91 Å². The molecule has 0 fully saturated rings. The number of amides is 1. The van der Waals surface area contributed by atoms with Gasteiger partial charge in [-0.05, 0) is 37.6 Å². The van der Waals surface area contributed by atoms with Crippen LogP contribution in [0.5, 0.6) is 0 Å². The summed E-state index contributed by atoms with van der Waals surface area (Å²) in [5.41, 5.74) is 8.34. The minimum atomic E-state index is 0.0559. The number of anilines is 2. The van der Waals surface area contributed by atoms with Crippen molar-refractivity contribution in [1.82, 2.24) is 0 Å². The van der Waals surface area contributed by atoms with Crippen LogP contribution in [0.4, 0.5) is 11.4 Å². The third-order valence-electron chi connectivity index (χ3n) is 2.21. The summed E-state index contributed by atoms with van der Waals surface area (Å²) in [7, 11) is 0. The van der Waals surface area contributed by atoms with E-state index in [0.717, 1.165) is 16.9 Å². The van der Waals surface area contributed by atoms with E-state index in [9.17, 15) is 4.79 Å². The number of rotatable bonds is 2. The van der Waals surface area contributed by atoms with Gasteiger partial charge in [0, 0.05) is 24.8 Å². The molecule has 0 aromatic heterocycles. The predicted octanol–water partition coefficient (Wildman–Crippen LogP) is 1.95. The van der Waals surface area contributed by atoms with Crippen LogP contribution in [0.25, 0.3) is 0 Å². The molecule has 3 nitrogen and oxygen atoms in total. The van der Waals surface area contributed by atoms with E-state index in [2.05, 4.69) is 0 Å². The molecule has 0 saturated carbocycles. The number of carbonyl (C=O) groups excluding carboxylic acids is 1. The summed E-state index contributed by atoms with van der Waals surface area (Å²) in [6.45, 7) is 6.16. The molecule has 0 aliphatic rings. The molecule has 0 atom stereocenters. The standard InChI is InChI=1S/C11H16N2O/c1-4-13(9(3)14)11-6-5-10(12)7-8(11)2/h5-7H,4,12H2,1-3H3. The molecular weight excluding hydrogens is 176 g/mol. The largest absolute Gasteiger partial charge is 0.399 e. The molecule has 1 aromatic rings. The Labute approximate surface area is 84.5 Å². The molecule has 3 heteroatoms. The first-order valence-corrected chi connectivity index (χ1v) is 4.70. The van der Waals surface area contributed by atoms with Gasteiger partial charge in [-0.2, -0.15) is 0 Å². The molecule has 0 bridgehead atoms. The fourth-order valence-electron chi connectivity index (χ4n) is 1.54. The van der Waals surface area contributed by atoms with Gasteiger partial charge in [0.1, 0.15) is 0 Å². The van der Waals surface area contributed by atoms with Crippen molar-refractivity contribution in [3.63, 3.8) is 0 Å². The maximum absolute atomic E-state index is 11.3. The van der Waals surface area contributed by atoms with Crippen LogP contribution >= 0.6 is 0 Å². The molecular formula is C11H16N2O. The average molecular weight is 192 g/mol. The number of hydrogen-bond donors (Lipinski definition) is 1. The van der Waals surface area contributed by atoms with Crippen molar-refractivity contribution in [2.45, 2.75) is 20.8 Å². The summed E-state index contributed by atoms with van der Waals surface area (Å²) < 4.78 is 0. The fourth-order valence-corrected chi connectivity index (χ4v) is 1.54. The Morgan fingerprint density at radius 1 is 1.50 bits per heavy atom. The van der Waals surface area contributed by atoms with Gasteiger partial charge < -0.3 is 10.6 Å². The smallest absolute Gasteiger partial charge is 0.223 e. The van der Waals surface area contributed by atoms with Crippen molar-refractivity contribution in [2.24, 2.45) is 0 Å². The van der Waals surface area contributed by atoms with Gasteiger partial charge in [-0.25, -0.2) is 0 Å². The number of aryl methyl sites for hydroxylation is 1. The minimum Gasteiger partial charge on any atom is -0.399 e. The van der Waals surface area contributed by atoms with Gasteiger partial charge in [0.15, 0.2) is 0 Å². The molecule has 0 radical (unpaired) electrons. The highest BCUT2D eigenvalue weighted by molar-refractivity contribution is 5.92. The van der Waals surface area contributed by atoms with Crippen molar-refractivity contribution in [1.29, 1.82) is 0 Å². The first-order valence-electron chi connectivity index (χ1n) is 4.70. The predicted molar refractivity (Wildman–Crippen MR) is 59.3 cm³/mol. The maximum atomic E-state index is 11.3. The second-order valence-corrected chi connectivity index (χ2v) is 3.31. The summed E-state index contributed by atoms with van der Waals surface area (Å²) in [6.07, 6.45) is 0. The first-order chi connectivity index (χ1) is 6.56. The van der Waals surface area contributed by atoms with Crippen molar-refractivity contribution < 1.29 is 4.79 Å². The highest BCUT2D eigenvalue weighted by Gasteiger charge is 2.10. The van der Waals surface area contributed by atoms with Gasteiger partial charge in [-0.1, -0.05) is 0 Å². The molecule has 14 heavy (non-hydrogen) atoms. The monoisotopic (exact) mass is 192 g/mol. The third-order valence-corrected chi connectivity index (χ3v) is 2.21. The Hall–Kier alpha value is -1.51. The molecule has 0 heterocycles. The zero-order valence-electron chi connectivity index (χ0n) is 8.87. The molecule has 1 amide bonds. The van der Waals surface area contributed by atoms with Crippen LogP contribution in [-0.2, 0) is 4.79 Å². The highest BCUT2D eigenvalue weighted by atomic mass is 16.2. The number of nitrogens with zero attached hydrogens (tertiary/aromatic N) is 1. The second-order valence-electron chi connectivity index (χ2n) is 3.31. The van der Waals surface area contributed by atoms with E-state index in [4.69, 9.17) is 5.73 Å². The van der Waals surface area contributed by atoms with Crippen LogP contribution in [0.15, 0.2) is 18.2 Å². The Balaban J connectivity index is 3.10. The summed E-state index contributed by atoms with van der Waals surface area (Å²) in [5, 5.41) is 0. The van der Waals surface area contributed by atoms with Crippen LogP contribution in [0.3, 0.4) is 0 Å². The van der Waals surface area contributed by atoms with E-state index >= 15 is 0 Å². The topological polar surface area (TPSA) is 46.3 Å². The Morgan fingerprint density at radius 2 is 2.14 bits per heavy atom. The third kappa shape index (κ3) is 2.05. The van der Waals surface area contributed by atoms with Crippen molar-refractivity contribution in [3.05, 3.63) is 23.8 Å². The summed E-state index contributed by atoms with van der Waals surface area (Å²) in [5.74, 6) is 0.0559. The quantitative estimate of drug-likeness (QED) is 0.728. The van der Waals surface area contributed by atoms with Gasteiger partial charge in [-0.3, -0.25) is 4.79 Å². The molecule has 0 unspecified atom stereocenters. The van der Waals surface area contributed by atoms with Gasteiger partial charge in [-0.15, -0.1) is 0 Å². The normalized spacial score (nSPS) is 9.93. The molecule has 0 spiro atoms. The van der Waals surface area contributed by atoms with Gasteiger partial charge in [0.25, 0.3) is 0 Å². The van der Waals surface area contributed by atoms with Crippen molar-refractivity contribution in [3.8, 4) is 0 Å².